The Hall–Kier alpha value is -0.120. The molecule has 0 spiro atoms. The Morgan fingerprint density at radius 3 is 2.73 bits per heavy atom. The summed E-state index contributed by atoms with van der Waals surface area (Å²) in [6.07, 6.45) is 4.70. The first-order valence-electron chi connectivity index (χ1n) is 6.20. The highest BCUT2D eigenvalue weighted by atomic mass is 16.2. The molecule has 1 unspecified atom stereocenters. The zero-order valence-corrected chi connectivity index (χ0v) is 10.3. The Balaban J connectivity index is 2.00. The Labute approximate surface area is 94.1 Å². The summed E-state index contributed by atoms with van der Waals surface area (Å²) in [5.41, 5.74) is 0. The molecule has 1 N–H and O–H groups in total. The van der Waals surface area contributed by atoms with Crippen LogP contribution in [0.15, 0.2) is 0 Å². The molecule has 15 heavy (non-hydrogen) atoms. The standard InChI is InChI=1S/C12H26N2O/c1-13(7-4-3-5-9-15)10-12-6-8-14(2)11-12/h12,15H,3-11H2,1-2H3. The van der Waals surface area contributed by atoms with E-state index in [4.69, 9.17) is 5.11 Å². The van der Waals surface area contributed by atoms with E-state index in [9.17, 15) is 0 Å². The molecule has 1 saturated heterocycles. The highest BCUT2D eigenvalue weighted by molar-refractivity contribution is 4.75. The number of likely N-dealkylation sites (tertiary alicyclic amines) is 1. The van der Waals surface area contributed by atoms with E-state index in [1.54, 1.807) is 0 Å². The topological polar surface area (TPSA) is 26.7 Å². The number of hydrogen-bond acceptors (Lipinski definition) is 3. The van der Waals surface area contributed by atoms with Crippen molar-refractivity contribution in [3.05, 3.63) is 0 Å². The summed E-state index contributed by atoms with van der Waals surface area (Å²) in [6, 6.07) is 0. The number of hydrogen-bond donors (Lipinski definition) is 1. The van der Waals surface area contributed by atoms with Gasteiger partial charge < -0.3 is 14.9 Å². The van der Waals surface area contributed by atoms with Crippen molar-refractivity contribution in [2.45, 2.75) is 25.7 Å². The van der Waals surface area contributed by atoms with Crippen molar-refractivity contribution in [3.8, 4) is 0 Å². The summed E-state index contributed by atoms with van der Waals surface area (Å²) in [6.45, 7) is 5.30. The van der Waals surface area contributed by atoms with Crippen LogP contribution in [0.1, 0.15) is 25.7 Å². The van der Waals surface area contributed by atoms with Crippen LogP contribution in [0.2, 0.25) is 0 Å². The molecular formula is C12H26N2O. The average Bonchev–Trinajstić information content (AvgIpc) is 2.59. The Bertz CT molecular complexity index is 164. The quantitative estimate of drug-likeness (QED) is 0.641. The predicted molar refractivity (Wildman–Crippen MR) is 64.0 cm³/mol. The van der Waals surface area contributed by atoms with Crippen molar-refractivity contribution in [2.24, 2.45) is 5.92 Å². The zero-order chi connectivity index (χ0) is 11.1. The number of unbranched alkanes of at least 4 members (excludes halogenated alkanes) is 2. The third kappa shape index (κ3) is 5.50. The molecule has 1 aliphatic heterocycles. The highest BCUT2D eigenvalue weighted by Crippen LogP contribution is 2.15. The van der Waals surface area contributed by atoms with Crippen LogP contribution < -0.4 is 0 Å². The van der Waals surface area contributed by atoms with Gasteiger partial charge in [-0.2, -0.15) is 0 Å². The van der Waals surface area contributed by atoms with Gasteiger partial charge in [0.2, 0.25) is 0 Å². The first-order chi connectivity index (χ1) is 7.22. The Kier molecular flexibility index (Phi) is 6.22. The normalized spacial score (nSPS) is 22.8. The molecular weight excluding hydrogens is 188 g/mol. The van der Waals surface area contributed by atoms with Crippen molar-refractivity contribution in [2.75, 3.05) is 46.9 Å². The van der Waals surface area contributed by atoms with Gasteiger partial charge in [0.15, 0.2) is 0 Å². The fourth-order valence-corrected chi connectivity index (χ4v) is 2.38. The van der Waals surface area contributed by atoms with Crippen molar-refractivity contribution in [1.29, 1.82) is 0 Å². The van der Waals surface area contributed by atoms with Gasteiger partial charge in [0.05, 0.1) is 0 Å². The van der Waals surface area contributed by atoms with Crippen LogP contribution in [0.4, 0.5) is 0 Å². The SMILES string of the molecule is CN(CCCCCO)CC1CCN(C)C1. The molecule has 1 atom stereocenters. The molecule has 1 heterocycles. The van der Waals surface area contributed by atoms with E-state index in [-0.39, 0.29) is 0 Å². The Morgan fingerprint density at radius 1 is 1.33 bits per heavy atom. The lowest BCUT2D eigenvalue weighted by Crippen LogP contribution is -2.28. The van der Waals surface area contributed by atoms with Gasteiger partial charge in [-0.1, -0.05) is 0 Å². The van der Waals surface area contributed by atoms with Crippen LogP contribution in [0, 0.1) is 5.92 Å². The molecule has 90 valence electrons. The number of rotatable bonds is 7. The van der Waals surface area contributed by atoms with Crippen LogP contribution in [-0.2, 0) is 0 Å². The van der Waals surface area contributed by atoms with Crippen LogP contribution >= 0.6 is 0 Å². The van der Waals surface area contributed by atoms with E-state index in [0.29, 0.717) is 6.61 Å². The van der Waals surface area contributed by atoms with Crippen LogP contribution in [0.5, 0.6) is 0 Å². The van der Waals surface area contributed by atoms with Crippen molar-refractivity contribution < 1.29 is 5.11 Å². The third-order valence-electron chi connectivity index (χ3n) is 3.26. The van der Waals surface area contributed by atoms with Gasteiger partial charge in [0, 0.05) is 19.7 Å². The predicted octanol–water partition coefficient (Wildman–Crippen LogP) is 1.03. The van der Waals surface area contributed by atoms with Gasteiger partial charge in [-0.15, -0.1) is 0 Å². The van der Waals surface area contributed by atoms with E-state index >= 15 is 0 Å². The molecule has 1 aliphatic rings. The zero-order valence-electron chi connectivity index (χ0n) is 10.3. The van der Waals surface area contributed by atoms with Crippen LogP contribution in [0.25, 0.3) is 0 Å². The molecule has 0 aromatic rings. The second kappa shape index (κ2) is 7.20. The lowest BCUT2D eigenvalue weighted by atomic mass is 10.1. The summed E-state index contributed by atoms with van der Waals surface area (Å²) in [4.78, 5) is 4.87. The molecule has 1 rings (SSSR count). The second-order valence-corrected chi connectivity index (χ2v) is 4.96. The fourth-order valence-electron chi connectivity index (χ4n) is 2.38. The lowest BCUT2D eigenvalue weighted by Gasteiger charge is -2.20. The first kappa shape index (κ1) is 12.9. The maximum Gasteiger partial charge on any atom is 0.0431 e. The van der Waals surface area contributed by atoms with E-state index in [1.165, 1.54) is 39.0 Å². The molecule has 3 heteroatoms. The molecule has 0 aromatic heterocycles. The minimum absolute atomic E-state index is 0.344. The summed E-state index contributed by atoms with van der Waals surface area (Å²) >= 11 is 0. The van der Waals surface area contributed by atoms with Gasteiger partial charge >= 0.3 is 0 Å². The number of aliphatic hydroxyl groups is 1. The van der Waals surface area contributed by atoms with E-state index in [1.807, 2.05) is 0 Å². The summed E-state index contributed by atoms with van der Waals surface area (Å²) < 4.78 is 0. The van der Waals surface area contributed by atoms with Crippen molar-refractivity contribution in [1.82, 2.24) is 9.80 Å². The van der Waals surface area contributed by atoms with Gasteiger partial charge in [-0.3, -0.25) is 0 Å². The Morgan fingerprint density at radius 2 is 2.13 bits per heavy atom. The van der Waals surface area contributed by atoms with E-state index in [2.05, 4.69) is 23.9 Å². The molecule has 0 saturated carbocycles. The maximum absolute atomic E-state index is 8.67. The summed E-state index contributed by atoms with van der Waals surface area (Å²) in [5, 5.41) is 8.67. The number of nitrogens with zero attached hydrogens (tertiary/aromatic N) is 2. The highest BCUT2D eigenvalue weighted by Gasteiger charge is 2.20. The maximum atomic E-state index is 8.67. The minimum atomic E-state index is 0.344. The molecule has 1 fully saturated rings. The van der Waals surface area contributed by atoms with Gasteiger partial charge in [0.1, 0.15) is 0 Å². The van der Waals surface area contributed by atoms with Gasteiger partial charge in [-0.25, -0.2) is 0 Å². The van der Waals surface area contributed by atoms with Crippen molar-refractivity contribution in [3.63, 3.8) is 0 Å². The monoisotopic (exact) mass is 214 g/mol. The van der Waals surface area contributed by atoms with Gasteiger partial charge in [-0.05, 0) is 58.8 Å². The molecule has 0 radical (unpaired) electrons. The fraction of sp³-hybridized carbons (Fsp3) is 1.00. The minimum Gasteiger partial charge on any atom is -0.396 e. The van der Waals surface area contributed by atoms with Crippen LogP contribution in [0.3, 0.4) is 0 Å². The lowest BCUT2D eigenvalue weighted by molar-refractivity contribution is 0.255. The first-order valence-corrected chi connectivity index (χ1v) is 6.20. The second-order valence-electron chi connectivity index (χ2n) is 4.96. The summed E-state index contributed by atoms with van der Waals surface area (Å²) in [7, 11) is 4.43. The van der Waals surface area contributed by atoms with Gasteiger partial charge in [0.25, 0.3) is 0 Å². The third-order valence-corrected chi connectivity index (χ3v) is 3.26. The molecule has 0 amide bonds. The van der Waals surface area contributed by atoms with E-state index in [0.717, 1.165) is 18.8 Å². The average molecular weight is 214 g/mol. The largest absolute Gasteiger partial charge is 0.396 e. The molecule has 0 aromatic carbocycles. The molecule has 3 nitrogen and oxygen atoms in total. The van der Waals surface area contributed by atoms with Crippen molar-refractivity contribution >= 4 is 0 Å². The summed E-state index contributed by atoms with van der Waals surface area (Å²) in [5.74, 6) is 0.873. The molecule has 0 aliphatic carbocycles. The number of aliphatic hydroxyl groups excluding tert-OH is 1. The molecule has 0 bridgehead atoms. The smallest absolute Gasteiger partial charge is 0.0431 e. The van der Waals surface area contributed by atoms with E-state index < -0.39 is 0 Å². The van der Waals surface area contributed by atoms with Crippen LogP contribution in [-0.4, -0.2) is 61.8 Å².